The second kappa shape index (κ2) is 30.2. The summed E-state index contributed by atoms with van der Waals surface area (Å²) >= 11 is 0. The lowest BCUT2D eigenvalue weighted by Crippen LogP contribution is -2.61. The van der Waals surface area contributed by atoms with Gasteiger partial charge in [0, 0.05) is 75.6 Å². The topological polar surface area (TPSA) is 262 Å². The van der Waals surface area contributed by atoms with Gasteiger partial charge in [-0.25, -0.2) is 9.59 Å². The van der Waals surface area contributed by atoms with E-state index in [0.717, 1.165) is 5.57 Å². The molecule has 3 aliphatic heterocycles. The monoisotopic (exact) mass is 1090 g/mol. The third-order valence-corrected chi connectivity index (χ3v) is 16.2. The molecule has 78 heavy (non-hydrogen) atoms. The molecule has 2 bridgehead atoms. The molecule has 19 heteroatoms. The highest BCUT2D eigenvalue weighted by atomic mass is 16.6. The van der Waals surface area contributed by atoms with Crippen LogP contribution in [0, 0.1) is 35.5 Å². The van der Waals surface area contributed by atoms with Gasteiger partial charge in [-0.05, 0) is 124 Å². The van der Waals surface area contributed by atoms with E-state index in [0.29, 0.717) is 81.0 Å². The number of ketones is 3. The molecular formula is C59H85N5O14. The van der Waals surface area contributed by atoms with Crippen LogP contribution in [0.5, 0.6) is 0 Å². The highest BCUT2D eigenvalue weighted by Crippen LogP contribution is 2.38. The molecular weight excluding hydrogens is 1000 g/mol. The highest BCUT2D eigenvalue weighted by molar-refractivity contribution is 6.39. The molecule has 3 heterocycles. The van der Waals surface area contributed by atoms with Crippen molar-refractivity contribution in [2.75, 3.05) is 27.9 Å². The van der Waals surface area contributed by atoms with Gasteiger partial charge in [-0.3, -0.25) is 19.2 Å². The molecule has 1 aromatic rings. The van der Waals surface area contributed by atoms with Gasteiger partial charge in [0.1, 0.15) is 36.2 Å². The second-order valence-corrected chi connectivity index (χ2v) is 22.2. The molecule has 3 fully saturated rings. The van der Waals surface area contributed by atoms with E-state index < -0.39 is 102 Å². The smallest absolute Gasteiger partial charge is 0.407 e. The number of piperidine rings is 1. The van der Waals surface area contributed by atoms with Crippen LogP contribution in [-0.2, 0) is 58.9 Å². The van der Waals surface area contributed by atoms with E-state index in [-0.39, 0.29) is 49.3 Å². The number of nitrogens with one attached hydrogen (secondary N) is 1. The first-order chi connectivity index (χ1) is 37.1. The Kier molecular flexibility index (Phi) is 24.5. The Morgan fingerprint density at radius 1 is 0.923 bits per heavy atom. The van der Waals surface area contributed by atoms with Gasteiger partial charge in [0.25, 0.3) is 11.7 Å². The van der Waals surface area contributed by atoms with Crippen LogP contribution in [0.3, 0.4) is 0 Å². The predicted octanol–water partition coefficient (Wildman–Crippen LogP) is 9.06. The molecule has 4 aliphatic rings. The summed E-state index contributed by atoms with van der Waals surface area (Å²) in [4.78, 5) is 88.5. The fourth-order valence-electron chi connectivity index (χ4n) is 11.4. The number of rotatable bonds is 10. The normalized spacial score (nSPS) is 34.2. The quantitative estimate of drug-likeness (QED) is 0.0493. The third kappa shape index (κ3) is 17.2. The lowest BCUT2D eigenvalue weighted by atomic mass is 9.78. The maximum atomic E-state index is 14.6. The molecule has 1 saturated carbocycles. The molecule has 2 saturated heterocycles. The van der Waals surface area contributed by atoms with Crippen molar-refractivity contribution in [3.05, 3.63) is 87.9 Å². The number of ether oxygens (including phenoxy) is 6. The lowest BCUT2D eigenvalue weighted by Gasteiger charge is -2.42. The van der Waals surface area contributed by atoms with Crippen molar-refractivity contribution in [1.82, 2.24) is 10.2 Å². The minimum atomic E-state index is -2.47. The van der Waals surface area contributed by atoms with Crippen LogP contribution in [0.2, 0.25) is 0 Å². The number of Topliss-reactive ketones (excluding diaryl/α,β-unsaturated/α-hetero) is 3. The Morgan fingerprint density at radius 3 is 2.38 bits per heavy atom. The first-order valence-corrected chi connectivity index (χ1v) is 27.7. The Labute approximate surface area is 460 Å². The van der Waals surface area contributed by atoms with Crippen molar-refractivity contribution in [3.63, 3.8) is 0 Å². The van der Waals surface area contributed by atoms with Gasteiger partial charge in [0.15, 0.2) is 5.78 Å². The van der Waals surface area contributed by atoms with Gasteiger partial charge in [-0.1, -0.05) is 94.4 Å². The van der Waals surface area contributed by atoms with Crippen molar-refractivity contribution in [1.29, 1.82) is 0 Å². The number of carbonyl (C=O) groups excluding carboxylic acids is 6. The number of amides is 2. The Hall–Kier alpha value is -5.53. The van der Waals surface area contributed by atoms with Crippen LogP contribution in [0.15, 0.2) is 77.0 Å². The first-order valence-electron chi connectivity index (χ1n) is 27.7. The number of cyclic esters (lactones) is 1. The van der Waals surface area contributed by atoms with Crippen molar-refractivity contribution in [2.24, 2.45) is 40.6 Å². The summed E-state index contributed by atoms with van der Waals surface area (Å²) in [6.07, 6.45) is 9.49. The second-order valence-electron chi connectivity index (χ2n) is 22.2. The number of methoxy groups -OCH3 is 3. The minimum absolute atomic E-state index is 0.00667. The molecule has 3 N–H and O–H groups in total. The number of esters is 1. The van der Waals surface area contributed by atoms with Gasteiger partial charge in [0.05, 0.1) is 18.3 Å². The summed E-state index contributed by atoms with van der Waals surface area (Å²) in [7, 11) is 4.48. The molecule has 2 amide bonds. The van der Waals surface area contributed by atoms with Gasteiger partial charge in [0.2, 0.25) is 5.79 Å². The van der Waals surface area contributed by atoms with Crippen molar-refractivity contribution < 1.29 is 67.4 Å². The molecule has 0 radical (unpaired) electrons. The van der Waals surface area contributed by atoms with Crippen LogP contribution >= 0.6 is 0 Å². The van der Waals surface area contributed by atoms with E-state index in [2.05, 4.69) is 15.3 Å². The van der Waals surface area contributed by atoms with Crippen LogP contribution in [0.25, 0.3) is 10.4 Å². The lowest BCUT2D eigenvalue weighted by molar-refractivity contribution is -0.265. The fraction of sp³-hybridized carbons (Fsp3) is 0.661. The largest absolute Gasteiger partial charge is 0.460 e. The van der Waals surface area contributed by atoms with Gasteiger partial charge < -0.3 is 48.9 Å². The average molecular weight is 1090 g/mol. The zero-order chi connectivity index (χ0) is 57.3. The standard InChI is InChI=1S/C59H85N5O14/c1-35-17-12-11-13-18-36(2)49(73-8)32-45-24-22-41(7)59(72,78-45)55(68)56(69)64-26-15-14-21-46(64)57(70)76-50(33-47(65)37(3)28-40(6)53(67)54(75-10)52(66)39(5)27-35)38(4)29-42-23-25-48(51(31-42)74-9)77-58(71)61-34-43-19-16-20-44(30-43)62-63-60/h11-13,16-20,28,30,35,37-39,41-42,45-46,48-51,53-54,67,72H,14-15,21-27,29,31-34H2,1-10H3,(H,61,71)/b13-11?,17-12+,36-18?,40-28+/t35-,37-,38-,39-,41-,42+,45+,46+,48-,49+,50+,51-,53-,54+,59-/m1/s1. The van der Waals surface area contributed by atoms with E-state index >= 15 is 0 Å². The summed E-state index contributed by atoms with van der Waals surface area (Å²) in [6.45, 7) is 12.7. The summed E-state index contributed by atoms with van der Waals surface area (Å²) in [5.74, 6) is -8.54. The Morgan fingerprint density at radius 2 is 1.68 bits per heavy atom. The van der Waals surface area contributed by atoms with E-state index in [4.69, 9.17) is 34.0 Å². The predicted molar refractivity (Wildman–Crippen MR) is 291 cm³/mol. The maximum Gasteiger partial charge on any atom is 0.407 e. The minimum Gasteiger partial charge on any atom is -0.460 e. The first kappa shape index (κ1) is 63.3. The number of alkyl carbamates (subject to hydrolysis) is 1. The fourth-order valence-corrected chi connectivity index (χ4v) is 11.4. The highest BCUT2D eigenvalue weighted by Gasteiger charge is 2.53. The van der Waals surface area contributed by atoms with Crippen LogP contribution in [0.4, 0.5) is 10.5 Å². The molecule has 5 rings (SSSR count). The van der Waals surface area contributed by atoms with Crippen LogP contribution < -0.4 is 5.32 Å². The van der Waals surface area contributed by atoms with Gasteiger partial charge >= 0.3 is 12.1 Å². The number of benzene rings is 1. The number of hydrogen-bond donors (Lipinski definition) is 3. The molecule has 1 aromatic carbocycles. The molecule has 0 spiro atoms. The number of aliphatic hydroxyl groups excluding tert-OH is 1. The van der Waals surface area contributed by atoms with Crippen LogP contribution in [-0.4, -0.2) is 133 Å². The number of carbonyl (C=O) groups is 6. The van der Waals surface area contributed by atoms with E-state index in [1.807, 2.05) is 51.2 Å². The Bertz CT molecular complexity index is 2420. The molecule has 0 aromatic heterocycles. The maximum absolute atomic E-state index is 14.6. The number of fused-ring (bicyclic) bond motifs is 3. The molecule has 430 valence electrons. The van der Waals surface area contributed by atoms with Crippen molar-refractivity contribution >= 4 is 41.0 Å². The Balaban J connectivity index is 1.41. The van der Waals surface area contributed by atoms with Crippen LogP contribution in [0.1, 0.15) is 131 Å². The number of allylic oxidation sites excluding steroid dienone is 6. The molecule has 19 nitrogen and oxygen atoms in total. The molecule has 0 unspecified atom stereocenters. The third-order valence-electron chi connectivity index (χ3n) is 16.2. The van der Waals surface area contributed by atoms with Crippen molar-refractivity contribution in [3.8, 4) is 0 Å². The molecule has 15 atom stereocenters. The van der Waals surface area contributed by atoms with E-state index in [1.54, 1.807) is 72.3 Å². The SMILES string of the molecule is CO[C@H]1C[C@@H]2CC[C@@H](C)[C@@](O)(O2)C(=O)C(=O)N2CCCC[C@H]2C(=O)O[C@H]([C@H](C)C[C@@H]2CC[C@@H](OC(=O)NCc3cccc(N=[N+]=[N-])c3)[C@H](OC)C2)CC(=O)[C@H](C)/C=C(\C)[C@@H](O)[C@@H](OC)C(=O)[C@H](C)C[C@H](C)/C=C/C=CC=C1C. The average Bonchev–Trinajstić information content (AvgIpc) is 3.42. The van der Waals surface area contributed by atoms with E-state index in [1.165, 1.54) is 12.0 Å². The number of azide groups is 1. The van der Waals surface area contributed by atoms with Crippen molar-refractivity contribution in [2.45, 2.75) is 187 Å². The number of aliphatic hydroxyl groups is 2. The number of hydrogen-bond acceptors (Lipinski definition) is 15. The summed E-state index contributed by atoms with van der Waals surface area (Å²) in [6, 6.07) is 5.62. The summed E-state index contributed by atoms with van der Waals surface area (Å²) < 4.78 is 35.7. The summed E-state index contributed by atoms with van der Waals surface area (Å²) in [5.41, 5.74) is 11.1. The zero-order valence-corrected chi connectivity index (χ0v) is 47.3. The zero-order valence-electron chi connectivity index (χ0n) is 47.3. The van der Waals surface area contributed by atoms with E-state index in [9.17, 15) is 39.0 Å². The van der Waals surface area contributed by atoms with Gasteiger partial charge in [-0.15, -0.1) is 0 Å². The summed E-state index contributed by atoms with van der Waals surface area (Å²) in [5, 5.41) is 29.9. The molecule has 1 aliphatic carbocycles. The van der Waals surface area contributed by atoms with Gasteiger partial charge in [-0.2, -0.15) is 0 Å². The number of nitrogens with zero attached hydrogens (tertiary/aromatic N) is 4.